The number of pyridine rings is 1. The van der Waals surface area contributed by atoms with Gasteiger partial charge in [-0.2, -0.15) is 0 Å². The predicted molar refractivity (Wildman–Crippen MR) is 166 cm³/mol. The number of ether oxygens (including phenoxy) is 1. The summed E-state index contributed by atoms with van der Waals surface area (Å²) in [6.07, 6.45) is 5.46. The van der Waals surface area contributed by atoms with Crippen LogP contribution in [0.25, 0.3) is 0 Å². The van der Waals surface area contributed by atoms with Gasteiger partial charge < -0.3 is 14.4 Å². The summed E-state index contributed by atoms with van der Waals surface area (Å²) < 4.78 is 7.58. The lowest BCUT2D eigenvalue weighted by atomic mass is 9.76. The number of aryl methyl sites for hydroxylation is 1. The highest BCUT2D eigenvalue weighted by molar-refractivity contribution is 5.53. The van der Waals surface area contributed by atoms with Crippen molar-refractivity contribution in [1.82, 2.24) is 14.5 Å². The van der Waals surface area contributed by atoms with E-state index in [4.69, 9.17) is 9.72 Å². The molecule has 208 valence electrons. The van der Waals surface area contributed by atoms with E-state index in [1.165, 1.54) is 0 Å². The van der Waals surface area contributed by atoms with Crippen LogP contribution >= 0.6 is 0 Å². The summed E-state index contributed by atoms with van der Waals surface area (Å²) in [6.45, 7) is 4.09. The fourth-order valence-corrected chi connectivity index (χ4v) is 6.01. The lowest BCUT2D eigenvalue weighted by Crippen LogP contribution is -2.37. The summed E-state index contributed by atoms with van der Waals surface area (Å²) in [7, 11) is 1.58. The molecular weight excluding hydrogens is 518 g/mol. The van der Waals surface area contributed by atoms with Gasteiger partial charge in [0.25, 0.3) is 0 Å². The van der Waals surface area contributed by atoms with E-state index in [9.17, 15) is 5.11 Å². The maximum atomic E-state index is 12.9. The molecule has 1 unspecified atom stereocenters. The van der Waals surface area contributed by atoms with Gasteiger partial charge in [-0.15, -0.1) is 0 Å². The van der Waals surface area contributed by atoms with Crippen molar-refractivity contribution in [3.63, 3.8) is 0 Å². The monoisotopic (exact) mass is 551 g/mol. The van der Waals surface area contributed by atoms with Crippen LogP contribution in [0.4, 0.5) is 0 Å². The molecule has 0 aliphatic carbocycles. The quantitative estimate of drug-likeness (QED) is 0.206. The number of hydrogen-bond acceptors (Lipinski definition) is 4. The molecule has 0 saturated carbocycles. The number of hydrogen-bond donors (Lipinski definition) is 1. The van der Waals surface area contributed by atoms with Crippen LogP contribution in [0, 0.1) is 13.8 Å². The largest absolute Gasteiger partial charge is 0.481 e. The van der Waals surface area contributed by atoms with Crippen molar-refractivity contribution >= 4 is 0 Å². The molecule has 2 aromatic heterocycles. The Morgan fingerprint density at radius 1 is 0.667 bits per heavy atom. The van der Waals surface area contributed by atoms with Crippen LogP contribution in [0.15, 0.2) is 140 Å². The molecule has 1 atom stereocenters. The molecule has 0 aliphatic heterocycles. The zero-order valence-corrected chi connectivity index (χ0v) is 24.0. The van der Waals surface area contributed by atoms with Gasteiger partial charge in [0.1, 0.15) is 5.54 Å². The molecule has 0 spiro atoms. The SMILES string of the molecule is COc1cc(C(O)(c2cn(C(c3ccccc3)(c3ccccc3)c3ccccc3)cn2)c2cccc(C)c2C)ccn1. The Morgan fingerprint density at radius 2 is 1.24 bits per heavy atom. The molecule has 4 aromatic carbocycles. The summed E-state index contributed by atoms with van der Waals surface area (Å²) in [5.41, 5.74) is 4.84. The minimum atomic E-state index is -1.58. The Morgan fingerprint density at radius 3 is 1.79 bits per heavy atom. The van der Waals surface area contributed by atoms with Crippen LogP contribution < -0.4 is 4.74 Å². The van der Waals surface area contributed by atoms with Crippen LogP contribution in [0.3, 0.4) is 0 Å². The Hall–Kier alpha value is -5.00. The van der Waals surface area contributed by atoms with Crippen LogP contribution in [0.2, 0.25) is 0 Å². The second kappa shape index (κ2) is 11.1. The van der Waals surface area contributed by atoms with Gasteiger partial charge in [-0.1, -0.05) is 109 Å². The Labute approximate surface area is 246 Å². The van der Waals surface area contributed by atoms with Gasteiger partial charge in [-0.05, 0) is 53.3 Å². The lowest BCUT2D eigenvalue weighted by molar-refractivity contribution is 0.120. The summed E-state index contributed by atoms with van der Waals surface area (Å²) in [5.74, 6) is 0.419. The van der Waals surface area contributed by atoms with E-state index >= 15 is 0 Å². The van der Waals surface area contributed by atoms with Gasteiger partial charge in [0, 0.05) is 24.0 Å². The third-order valence-electron chi connectivity index (χ3n) is 8.27. The second-order valence-electron chi connectivity index (χ2n) is 10.5. The molecule has 0 aliphatic rings. The standard InChI is InChI=1S/C37H33N3O2/c1-27-14-13-21-33(28(27)2)37(41,32-22-23-38-35(24-32)42-3)34-25-40(26-39-34)36(29-15-7-4-8-16-29,30-17-9-5-10-18-30)31-19-11-6-12-20-31/h4-26,41H,1-3H3. The van der Waals surface area contributed by atoms with E-state index < -0.39 is 11.1 Å². The molecule has 0 fully saturated rings. The third kappa shape index (κ3) is 4.39. The van der Waals surface area contributed by atoms with E-state index in [1.54, 1.807) is 19.4 Å². The van der Waals surface area contributed by atoms with Gasteiger partial charge in [0.2, 0.25) is 5.88 Å². The first-order valence-corrected chi connectivity index (χ1v) is 14.0. The van der Waals surface area contributed by atoms with E-state index in [0.29, 0.717) is 17.1 Å². The summed E-state index contributed by atoms with van der Waals surface area (Å²) in [5, 5.41) is 12.9. The molecule has 0 saturated heterocycles. The number of aliphatic hydroxyl groups is 1. The number of benzene rings is 4. The first-order chi connectivity index (χ1) is 20.5. The van der Waals surface area contributed by atoms with E-state index in [1.807, 2.05) is 55.8 Å². The molecule has 6 aromatic rings. The highest BCUT2D eigenvalue weighted by atomic mass is 16.5. The van der Waals surface area contributed by atoms with Crippen LogP contribution in [0.1, 0.15) is 44.6 Å². The van der Waals surface area contributed by atoms with Crippen molar-refractivity contribution in [3.8, 4) is 5.88 Å². The first kappa shape index (κ1) is 27.2. The summed E-state index contributed by atoms with van der Waals surface area (Å²) in [4.78, 5) is 9.26. The topological polar surface area (TPSA) is 60.2 Å². The Balaban J connectivity index is 1.67. The number of aromatic nitrogens is 3. The maximum Gasteiger partial charge on any atom is 0.213 e. The maximum absolute atomic E-state index is 12.9. The van der Waals surface area contributed by atoms with Crippen molar-refractivity contribution in [2.24, 2.45) is 0 Å². The van der Waals surface area contributed by atoms with Gasteiger partial charge in [-0.3, -0.25) is 0 Å². The highest BCUT2D eigenvalue weighted by Gasteiger charge is 2.42. The lowest BCUT2D eigenvalue weighted by Gasteiger charge is -2.37. The van der Waals surface area contributed by atoms with Crippen molar-refractivity contribution in [2.75, 3.05) is 7.11 Å². The molecular formula is C37H33N3O2. The second-order valence-corrected chi connectivity index (χ2v) is 10.5. The minimum Gasteiger partial charge on any atom is -0.481 e. The highest BCUT2D eigenvalue weighted by Crippen LogP contribution is 2.44. The Bertz CT molecular complexity index is 1700. The van der Waals surface area contributed by atoms with E-state index in [-0.39, 0.29) is 0 Å². The molecule has 5 nitrogen and oxygen atoms in total. The van der Waals surface area contributed by atoms with Gasteiger partial charge in [0.15, 0.2) is 5.60 Å². The van der Waals surface area contributed by atoms with Crippen LogP contribution in [-0.4, -0.2) is 26.8 Å². The zero-order chi connectivity index (χ0) is 29.2. The summed E-state index contributed by atoms with van der Waals surface area (Å²) in [6, 6.07) is 40.9. The number of rotatable bonds is 8. The Kier molecular flexibility index (Phi) is 7.19. The molecule has 0 amide bonds. The molecule has 1 N–H and O–H groups in total. The number of imidazole rings is 1. The predicted octanol–water partition coefficient (Wildman–Crippen LogP) is 7.03. The van der Waals surface area contributed by atoms with E-state index in [2.05, 4.69) is 95.3 Å². The van der Waals surface area contributed by atoms with Crippen molar-refractivity contribution < 1.29 is 9.84 Å². The smallest absolute Gasteiger partial charge is 0.213 e. The summed E-state index contributed by atoms with van der Waals surface area (Å²) >= 11 is 0. The van der Waals surface area contributed by atoms with E-state index in [0.717, 1.165) is 33.4 Å². The van der Waals surface area contributed by atoms with Crippen LogP contribution in [0.5, 0.6) is 5.88 Å². The van der Waals surface area contributed by atoms with Gasteiger partial charge in [-0.25, -0.2) is 9.97 Å². The molecule has 5 heteroatoms. The minimum absolute atomic E-state index is 0.419. The number of methoxy groups -OCH3 is 1. The average Bonchev–Trinajstić information content (AvgIpc) is 3.55. The van der Waals surface area contributed by atoms with Gasteiger partial charge >= 0.3 is 0 Å². The van der Waals surface area contributed by atoms with Crippen molar-refractivity contribution in [2.45, 2.75) is 25.0 Å². The third-order valence-corrected chi connectivity index (χ3v) is 8.27. The molecule has 6 rings (SSSR count). The fourth-order valence-electron chi connectivity index (χ4n) is 6.01. The molecule has 0 bridgehead atoms. The average molecular weight is 552 g/mol. The van der Waals surface area contributed by atoms with Crippen molar-refractivity contribution in [3.05, 3.63) is 185 Å². The fraction of sp³-hybridized carbons (Fsp3) is 0.135. The first-order valence-electron chi connectivity index (χ1n) is 14.0. The van der Waals surface area contributed by atoms with Crippen molar-refractivity contribution in [1.29, 1.82) is 0 Å². The van der Waals surface area contributed by atoms with Gasteiger partial charge in [0.05, 0.1) is 19.1 Å². The molecule has 0 radical (unpaired) electrons. The molecule has 2 heterocycles. The molecule has 42 heavy (non-hydrogen) atoms. The number of nitrogens with zero attached hydrogens (tertiary/aromatic N) is 3. The zero-order valence-electron chi connectivity index (χ0n) is 24.0. The van der Waals surface area contributed by atoms with Crippen LogP contribution in [-0.2, 0) is 11.1 Å². The normalized spacial score (nSPS) is 13.0.